The van der Waals surface area contributed by atoms with E-state index in [1.165, 1.54) is 5.56 Å². The Morgan fingerprint density at radius 1 is 0.952 bits per heavy atom. The molecule has 0 saturated heterocycles. The average molecular weight is 282 g/mol. The Kier molecular flexibility index (Phi) is 4.63. The van der Waals surface area contributed by atoms with Crippen LogP contribution in [0, 0.1) is 0 Å². The molecule has 2 aromatic carbocycles. The summed E-state index contributed by atoms with van der Waals surface area (Å²) in [5.41, 5.74) is 3.25. The minimum atomic E-state index is -0.192. The van der Waals surface area contributed by atoms with Gasteiger partial charge in [0.25, 0.3) is 0 Å². The van der Waals surface area contributed by atoms with E-state index in [-0.39, 0.29) is 11.4 Å². The van der Waals surface area contributed by atoms with Crippen LogP contribution in [0.2, 0.25) is 0 Å². The molecule has 0 aliphatic rings. The highest BCUT2D eigenvalue weighted by Gasteiger charge is 2.13. The van der Waals surface area contributed by atoms with Crippen LogP contribution in [0.25, 0.3) is 0 Å². The summed E-state index contributed by atoms with van der Waals surface area (Å²) in [6.45, 7) is 7.03. The summed E-state index contributed by atoms with van der Waals surface area (Å²) < 4.78 is 0. The third kappa shape index (κ3) is 4.63. The Morgan fingerprint density at radius 2 is 1.57 bits per heavy atom. The minimum absolute atomic E-state index is 0.119. The van der Waals surface area contributed by atoms with E-state index in [4.69, 9.17) is 0 Å². The van der Waals surface area contributed by atoms with E-state index in [1.54, 1.807) is 0 Å². The Labute approximate surface area is 126 Å². The molecule has 0 bridgehead atoms. The van der Waals surface area contributed by atoms with E-state index in [1.807, 2.05) is 54.6 Å². The Bertz CT molecular complexity index is 583. The molecule has 2 amide bonds. The van der Waals surface area contributed by atoms with E-state index in [0.29, 0.717) is 6.54 Å². The summed E-state index contributed by atoms with van der Waals surface area (Å²) >= 11 is 0. The molecular weight excluding hydrogens is 260 g/mol. The van der Waals surface area contributed by atoms with Gasteiger partial charge < -0.3 is 10.6 Å². The second kappa shape index (κ2) is 6.44. The molecule has 0 aliphatic heterocycles. The van der Waals surface area contributed by atoms with Gasteiger partial charge in [-0.2, -0.15) is 0 Å². The van der Waals surface area contributed by atoms with E-state index in [2.05, 4.69) is 31.4 Å². The molecule has 0 spiro atoms. The van der Waals surface area contributed by atoms with Crippen molar-refractivity contribution in [1.82, 2.24) is 5.32 Å². The zero-order chi connectivity index (χ0) is 15.3. The number of benzene rings is 2. The van der Waals surface area contributed by atoms with E-state index < -0.39 is 0 Å². The van der Waals surface area contributed by atoms with Crippen LogP contribution in [0.4, 0.5) is 10.5 Å². The normalized spacial score (nSPS) is 11.0. The zero-order valence-electron chi connectivity index (χ0n) is 12.8. The lowest BCUT2D eigenvalue weighted by molar-refractivity contribution is 0.251. The van der Waals surface area contributed by atoms with Crippen LogP contribution in [0.15, 0.2) is 54.6 Å². The minimum Gasteiger partial charge on any atom is -0.334 e. The fourth-order valence-electron chi connectivity index (χ4n) is 2.01. The van der Waals surface area contributed by atoms with Crippen molar-refractivity contribution >= 4 is 11.7 Å². The van der Waals surface area contributed by atoms with Crippen LogP contribution in [-0.4, -0.2) is 6.03 Å². The number of urea groups is 1. The number of rotatable bonds is 3. The number of anilines is 1. The number of nitrogens with one attached hydrogen (secondary N) is 2. The van der Waals surface area contributed by atoms with Crippen molar-refractivity contribution in [2.75, 3.05) is 5.32 Å². The molecular formula is C18H22N2O. The van der Waals surface area contributed by atoms with Crippen LogP contribution >= 0.6 is 0 Å². The maximum atomic E-state index is 11.8. The lowest BCUT2D eigenvalue weighted by Crippen LogP contribution is -2.28. The third-order valence-corrected chi connectivity index (χ3v) is 3.30. The highest BCUT2D eigenvalue weighted by molar-refractivity contribution is 5.89. The van der Waals surface area contributed by atoms with Crippen molar-refractivity contribution in [3.8, 4) is 0 Å². The second-order valence-corrected chi connectivity index (χ2v) is 6.12. The predicted molar refractivity (Wildman–Crippen MR) is 87.4 cm³/mol. The van der Waals surface area contributed by atoms with Crippen molar-refractivity contribution in [3.63, 3.8) is 0 Å². The third-order valence-electron chi connectivity index (χ3n) is 3.30. The smallest absolute Gasteiger partial charge is 0.319 e. The molecule has 0 aliphatic carbocycles. The number of amides is 2. The lowest BCUT2D eigenvalue weighted by Gasteiger charge is -2.19. The SMILES string of the molecule is CC(C)(C)c1ccc(NC(=O)NCc2ccccc2)cc1. The van der Waals surface area contributed by atoms with Crippen molar-refractivity contribution in [1.29, 1.82) is 0 Å². The van der Waals surface area contributed by atoms with Crippen molar-refractivity contribution < 1.29 is 4.79 Å². The van der Waals surface area contributed by atoms with Gasteiger partial charge in [-0.15, -0.1) is 0 Å². The van der Waals surface area contributed by atoms with Crippen molar-refractivity contribution in [2.24, 2.45) is 0 Å². The van der Waals surface area contributed by atoms with Crippen molar-refractivity contribution in [3.05, 3.63) is 65.7 Å². The summed E-state index contributed by atoms with van der Waals surface area (Å²) in [7, 11) is 0. The van der Waals surface area contributed by atoms with Crippen LogP contribution in [-0.2, 0) is 12.0 Å². The maximum absolute atomic E-state index is 11.8. The number of hydrogen-bond acceptors (Lipinski definition) is 1. The quantitative estimate of drug-likeness (QED) is 0.865. The molecule has 0 unspecified atom stereocenters. The largest absolute Gasteiger partial charge is 0.334 e. The first-order chi connectivity index (χ1) is 9.95. The molecule has 3 heteroatoms. The van der Waals surface area contributed by atoms with E-state index in [0.717, 1.165) is 11.3 Å². The Balaban J connectivity index is 1.88. The van der Waals surface area contributed by atoms with Gasteiger partial charge in [-0.1, -0.05) is 63.2 Å². The Morgan fingerprint density at radius 3 is 2.14 bits per heavy atom. The molecule has 21 heavy (non-hydrogen) atoms. The van der Waals surface area contributed by atoms with E-state index in [9.17, 15) is 4.79 Å². The summed E-state index contributed by atoms with van der Waals surface area (Å²) in [6.07, 6.45) is 0. The molecule has 0 atom stereocenters. The van der Waals surface area contributed by atoms with Crippen LogP contribution in [0.1, 0.15) is 31.9 Å². The number of hydrogen-bond donors (Lipinski definition) is 2. The fraction of sp³-hybridized carbons (Fsp3) is 0.278. The molecule has 3 nitrogen and oxygen atoms in total. The highest BCUT2D eigenvalue weighted by atomic mass is 16.2. The zero-order valence-corrected chi connectivity index (χ0v) is 12.8. The van der Waals surface area contributed by atoms with Gasteiger partial charge in [-0.05, 0) is 28.7 Å². The van der Waals surface area contributed by atoms with Gasteiger partial charge in [-0.25, -0.2) is 4.79 Å². The van der Waals surface area contributed by atoms with Crippen molar-refractivity contribution in [2.45, 2.75) is 32.7 Å². The van der Waals surface area contributed by atoms with Gasteiger partial charge in [0, 0.05) is 12.2 Å². The first-order valence-corrected chi connectivity index (χ1v) is 7.14. The standard InChI is InChI=1S/C18H22N2O/c1-18(2,3)15-9-11-16(12-10-15)20-17(21)19-13-14-7-5-4-6-8-14/h4-12H,13H2,1-3H3,(H2,19,20,21). The van der Waals surface area contributed by atoms with Crippen LogP contribution < -0.4 is 10.6 Å². The first-order valence-electron chi connectivity index (χ1n) is 7.14. The first kappa shape index (κ1) is 15.1. The molecule has 0 heterocycles. The molecule has 110 valence electrons. The predicted octanol–water partition coefficient (Wildman–Crippen LogP) is 4.31. The average Bonchev–Trinajstić information content (AvgIpc) is 2.46. The molecule has 2 aromatic rings. The Hall–Kier alpha value is -2.29. The topological polar surface area (TPSA) is 41.1 Å². The summed E-state index contributed by atoms with van der Waals surface area (Å²) in [6, 6.07) is 17.6. The summed E-state index contributed by atoms with van der Waals surface area (Å²) in [4.78, 5) is 11.8. The maximum Gasteiger partial charge on any atom is 0.319 e. The fourth-order valence-corrected chi connectivity index (χ4v) is 2.01. The number of carbonyl (C=O) groups excluding carboxylic acids is 1. The molecule has 0 saturated carbocycles. The van der Waals surface area contributed by atoms with Crippen LogP contribution in [0.5, 0.6) is 0 Å². The molecule has 2 rings (SSSR count). The van der Waals surface area contributed by atoms with Gasteiger partial charge in [-0.3, -0.25) is 0 Å². The van der Waals surface area contributed by atoms with Crippen LogP contribution in [0.3, 0.4) is 0 Å². The highest BCUT2D eigenvalue weighted by Crippen LogP contribution is 2.23. The van der Waals surface area contributed by atoms with Gasteiger partial charge in [0.2, 0.25) is 0 Å². The number of carbonyl (C=O) groups is 1. The monoisotopic (exact) mass is 282 g/mol. The van der Waals surface area contributed by atoms with E-state index >= 15 is 0 Å². The second-order valence-electron chi connectivity index (χ2n) is 6.12. The lowest BCUT2D eigenvalue weighted by atomic mass is 9.87. The summed E-state index contributed by atoms with van der Waals surface area (Å²) in [5.74, 6) is 0. The molecule has 0 aromatic heterocycles. The van der Waals surface area contributed by atoms with Gasteiger partial charge in [0.1, 0.15) is 0 Å². The van der Waals surface area contributed by atoms with Gasteiger partial charge in [0.05, 0.1) is 0 Å². The van der Waals surface area contributed by atoms with Gasteiger partial charge >= 0.3 is 6.03 Å². The molecule has 2 N–H and O–H groups in total. The molecule has 0 fully saturated rings. The molecule has 0 radical (unpaired) electrons. The van der Waals surface area contributed by atoms with Gasteiger partial charge in [0.15, 0.2) is 0 Å². The summed E-state index contributed by atoms with van der Waals surface area (Å²) in [5, 5.41) is 5.68.